The quantitative estimate of drug-likeness (QED) is 0.471. The second-order valence-corrected chi connectivity index (χ2v) is 8.74. The Hall–Kier alpha value is -4.20. The van der Waals surface area contributed by atoms with Gasteiger partial charge in [-0.05, 0) is 23.3 Å². The lowest BCUT2D eigenvalue weighted by Crippen LogP contribution is -2.46. The van der Waals surface area contributed by atoms with E-state index in [0.29, 0.717) is 39.0 Å². The first kappa shape index (κ1) is 20.4. The molecule has 4 heterocycles. The molecular formula is C26H24N6O2. The van der Waals surface area contributed by atoms with Gasteiger partial charge in [-0.1, -0.05) is 36.4 Å². The first-order chi connectivity index (χ1) is 16.7. The van der Waals surface area contributed by atoms with Crippen molar-refractivity contribution < 1.29 is 9.59 Å². The van der Waals surface area contributed by atoms with Crippen molar-refractivity contribution in [1.82, 2.24) is 19.3 Å². The SMILES string of the molecule is O=CN1CCN(c2nccn3c(-c4ccc5c(c4)CC(=O)N5)c(Cc4ccccc4)nc23)CC1. The molecule has 2 amide bonds. The van der Waals surface area contributed by atoms with Crippen LogP contribution in [0.2, 0.25) is 0 Å². The van der Waals surface area contributed by atoms with Gasteiger partial charge in [0.2, 0.25) is 12.3 Å². The van der Waals surface area contributed by atoms with Crippen molar-refractivity contribution in [2.75, 3.05) is 36.4 Å². The van der Waals surface area contributed by atoms with Gasteiger partial charge in [-0.15, -0.1) is 0 Å². The normalized spacial score (nSPS) is 15.5. The van der Waals surface area contributed by atoms with Gasteiger partial charge < -0.3 is 15.1 Å². The van der Waals surface area contributed by atoms with Crippen LogP contribution < -0.4 is 10.2 Å². The first-order valence-corrected chi connectivity index (χ1v) is 11.5. The highest BCUT2D eigenvalue weighted by Crippen LogP contribution is 2.34. The third kappa shape index (κ3) is 3.57. The van der Waals surface area contributed by atoms with Crippen LogP contribution >= 0.6 is 0 Å². The monoisotopic (exact) mass is 452 g/mol. The second-order valence-electron chi connectivity index (χ2n) is 8.74. The summed E-state index contributed by atoms with van der Waals surface area (Å²) in [6.45, 7) is 2.77. The van der Waals surface area contributed by atoms with Gasteiger partial charge in [0.25, 0.3) is 0 Å². The number of nitrogens with one attached hydrogen (secondary N) is 1. The lowest BCUT2D eigenvalue weighted by Gasteiger charge is -2.33. The number of imidazole rings is 1. The molecule has 2 aliphatic heterocycles. The molecule has 0 saturated carbocycles. The number of fused-ring (bicyclic) bond motifs is 2. The van der Waals surface area contributed by atoms with Crippen LogP contribution in [0.25, 0.3) is 16.9 Å². The van der Waals surface area contributed by atoms with Gasteiger partial charge in [-0.25, -0.2) is 9.97 Å². The first-order valence-electron chi connectivity index (χ1n) is 11.5. The molecule has 0 radical (unpaired) electrons. The zero-order valence-corrected chi connectivity index (χ0v) is 18.6. The summed E-state index contributed by atoms with van der Waals surface area (Å²) in [5.74, 6) is 0.849. The van der Waals surface area contributed by atoms with E-state index in [1.807, 2.05) is 42.7 Å². The predicted molar refractivity (Wildman–Crippen MR) is 130 cm³/mol. The number of rotatable bonds is 5. The Balaban J connectivity index is 1.48. The van der Waals surface area contributed by atoms with Crippen molar-refractivity contribution in [3.05, 3.63) is 77.7 Å². The Kier molecular flexibility index (Phi) is 4.98. The van der Waals surface area contributed by atoms with Crippen LogP contribution in [0.4, 0.5) is 11.5 Å². The molecule has 2 aromatic carbocycles. The Morgan fingerprint density at radius 3 is 2.65 bits per heavy atom. The molecule has 0 bridgehead atoms. The van der Waals surface area contributed by atoms with Crippen molar-refractivity contribution in [3.8, 4) is 11.3 Å². The van der Waals surface area contributed by atoms with Crippen molar-refractivity contribution in [2.45, 2.75) is 12.8 Å². The molecule has 6 rings (SSSR count). The largest absolute Gasteiger partial charge is 0.350 e. The van der Waals surface area contributed by atoms with Crippen LogP contribution in [0.1, 0.15) is 16.8 Å². The minimum Gasteiger partial charge on any atom is -0.350 e. The standard InChI is InChI=1S/C26H24N6O2/c33-17-30-10-12-31(13-11-30)25-26-29-22(14-18-4-2-1-3-5-18)24(32(26)9-8-27-25)19-6-7-21-20(15-19)16-23(34)28-21/h1-9,15,17H,10-14,16H2,(H,28,34). The van der Waals surface area contributed by atoms with Crippen LogP contribution in [-0.2, 0) is 22.4 Å². The molecule has 2 aliphatic rings. The molecule has 0 unspecified atom stereocenters. The Bertz CT molecular complexity index is 1390. The number of carbonyl (C=O) groups excluding carboxylic acids is 2. The van der Waals surface area contributed by atoms with Crippen LogP contribution in [0, 0.1) is 0 Å². The minimum atomic E-state index is 0.0238. The number of benzene rings is 2. The zero-order valence-electron chi connectivity index (χ0n) is 18.6. The topological polar surface area (TPSA) is 82.8 Å². The molecule has 1 fully saturated rings. The number of nitrogens with zero attached hydrogens (tertiary/aromatic N) is 5. The summed E-state index contributed by atoms with van der Waals surface area (Å²) in [4.78, 5) is 36.8. The molecule has 8 nitrogen and oxygen atoms in total. The maximum absolute atomic E-state index is 11.9. The lowest BCUT2D eigenvalue weighted by atomic mass is 10.0. The van der Waals surface area contributed by atoms with Crippen molar-refractivity contribution >= 4 is 29.5 Å². The summed E-state index contributed by atoms with van der Waals surface area (Å²) < 4.78 is 2.11. The van der Waals surface area contributed by atoms with E-state index < -0.39 is 0 Å². The number of piperazine rings is 1. The maximum Gasteiger partial charge on any atom is 0.228 e. The molecule has 0 spiro atoms. The molecule has 1 saturated heterocycles. The van der Waals surface area contributed by atoms with Crippen molar-refractivity contribution in [1.29, 1.82) is 0 Å². The summed E-state index contributed by atoms with van der Waals surface area (Å²) in [6.07, 6.45) is 5.74. The van der Waals surface area contributed by atoms with E-state index in [1.165, 1.54) is 5.56 Å². The molecule has 34 heavy (non-hydrogen) atoms. The van der Waals surface area contributed by atoms with Crippen LogP contribution in [-0.4, -0.2) is 57.8 Å². The molecule has 4 aromatic rings. The average molecular weight is 453 g/mol. The number of amides is 2. The van der Waals surface area contributed by atoms with Crippen LogP contribution in [0.3, 0.4) is 0 Å². The fraction of sp³-hybridized carbons (Fsp3) is 0.231. The molecular weight excluding hydrogens is 428 g/mol. The Morgan fingerprint density at radius 1 is 1.03 bits per heavy atom. The van der Waals surface area contributed by atoms with Crippen LogP contribution in [0.5, 0.6) is 0 Å². The highest BCUT2D eigenvalue weighted by atomic mass is 16.2. The summed E-state index contributed by atoms with van der Waals surface area (Å²) in [6, 6.07) is 16.4. The van der Waals surface area contributed by atoms with Gasteiger partial charge >= 0.3 is 0 Å². The number of hydrogen-bond donors (Lipinski definition) is 1. The third-order valence-electron chi connectivity index (χ3n) is 6.58. The van der Waals surface area contributed by atoms with E-state index >= 15 is 0 Å². The molecule has 0 aliphatic carbocycles. The Labute approximate surface area is 196 Å². The van der Waals surface area contributed by atoms with Gasteiger partial charge in [-0.2, -0.15) is 0 Å². The van der Waals surface area contributed by atoms with E-state index in [0.717, 1.165) is 46.1 Å². The number of carbonyl (C=O) groups is 2. The summed E-state index contributed by atoms with van der Waals surface area (Å²) in [5, 5.41) is 2.92. The number of anilines is 2. The zero-order chi connectivity index (χ0) is 23.1. The summed E-state index contributed by atoms with van der Waals surface area (Å²) >= 11 is 0. The smallest absolute Gasteiger partial charge is 0.228 e. The third-order valence-corrected chi connectivity index (χ3v) is 6.58. The second kappa shape index (κ2) is 8.30. The van der Waals surface area contributed by atoms with E-state index in [9.17, 15) is 9.59 Å². The highest BCUT2D eigenvalue weighted by Gasteiger charge is 2.24. The summed E-state index contributed by atoms with van der Waals surface area (Å²) in [7, 11) is 0. The molecule has 1 N–H and O–H groups in total. The van der Waals surface area contributed by atoms with E-state index in [4.69, 9.17) is 4.98 Å². The number of hydrogen-bond acceptors (Lipinski definition) is 5. The van der Waals surface area contributed by atoms with E-state index in [1.54, 1.807) is 4.90 Å². The highest BCUT2D eigenvalue weighted by molar-refractivity contribution is 5.99. The maximum atomic E-state index is 11.9. The van der Waals surface area contributed by atoms with Gasteiger partial charge in [0.1, 0.15) is 0 Å². The average Bonchev–Trinajstić information content (AvgIpc) is 3.43. The predicted octanol–water partition coefficient (Wildman–Crippen LogP) is 2.76. The van der Waals surface area contributed by atoms with Crippen LogP contribution in [0.15, 0.2) is 60.9 Å². The fourth-order valence-electron chi connectivity index (χ4n) is 4.87. The summed E-state index contributed by atoms with van der Waals surface area (Å²) in [5.41, 5.74) is 6.86. The number of aromatic nitrogens is 3. The molecule has 8 heteroatoms. The van der Waals surface area contributed by atoms with Crippen molar-refractivity contribution in [2.24, 2.45) is 0 Å². The Morgan fingerprint density at radius 2 is 1.85 bits per heavy atom. The molecule has 170 valence electrons. The van der Waals surface area contributed by atoms with E-state index in [2.05, 4.69) is 37.8 Å². The minimum absolute atomic E-state index is 0.0238. The molecule has 0 atom stereocenters. The lowest BCUT2D eigenvalue weighted by molar-refractivity contribution is -0.118. The molecule has 2 aromatic heterocycles. The van der Waals surface area contributed by atoms with Crippen molar-refractivity contribution in [3.63, 3.8) is 0 Å². The van der Waals surface area contributed by atoms with Gasteiger partial charge in [-0.3, -0.25) is 14.0 Å². The fourth-order valence-corrected chi connectivity index (χ4v) is 4.87. The van der Waals surface area contributed by atoms with E-state index in [-0.39, 0.29) is 5.91 Å². The van der Waals surface area contributed by atoms with Gasteiger partial charge in [0, 0.05) is 56.2 Å². The van der Waals surface area contributed by atoms with Gasteiger partial charge in [0.05, 0.1) is 17.8 Å². The van der Waals surface area contributed by atoms with Gasteiger partial charge in [0.15, 0.2) is 11.5 Å².